The van der Waals surface area contributed by atoms with E-state index < -0.39 is 0 Å². The molecule has 0 bridgehead atoms. The molecule has 0 radical (unpaired) electrons. The Hall–Kier alpha value is -0.860. The number of ketones is 1. The molecule has 0 atom stereocenters. The van der Waals surface area contributed by atoms with Crippen molar-refractivity contribution in [3.05, 3.63) is 0 Å². The van der Waals surface area contributed by atoms with Gasteiger partial charge in [-0.25, -0.2) is 0 Å². The number of hydrogen-bond acceptors (Lipinski definition) is 3. The van der Waals surface area contributed by atoms with E-state index in [-0.39, 0.29) is 30.7 Å². The molecule has 0 unspecified atom stereocenters. The Balaban J connectivity index is 0. The molecule has 0 heterocycles. The van der Waals surface area contributed by atoms with Crippen LogP contribution in [0.4, 0.5) is 0 Å². The maximum atomic E-state index is 10.8. The van der Waals surface area contributed by atoms with Crippen molar-refractivity contribution in [1.82, 2.24) is 0 Å². The second-order valence-electron chi connectivity index (χ2n) is 4.45. The van der Waals surface area contributed by atoms with E-state index >= 15 is 0 Å². The smallest absolute Gasteiger partial charge is 0.306 e. The molecule has 17 heavy (non-hydrogen) atoms. The quantitative estimate of drug-likeness (QED) is 0.504. The highest BCUT2D eigenvalue weighted by Crippen LogP contribution is 1.97. The first-order valence-electron chi connectivity index (χ1n) is 6.62. The lowest BCUT2D eigenvalue weighted by atomic mass is 10.2. The number of esters is 1. The lowest BCUT2D eigenvalue weighted by Gasteiger charge is -2.06. The molecule has 0 aliphatic heterocycles. The van der Waals surface area contributed by atoms with Crippen molar-refractivity contribution in [3.8, 4) is 0 Å². The Morgan fingerprint density at radius 3 is 1.76 bits per heavy atom. The van der Waals surface area contributed by atoms with Crippen molar-refractivity contribution >= 4 is 11.8 Å². The zero-order valence-corrected chi connectivity index (χ0v) is 12.0. The summed E-state index contributed by atoms with van der Waals surface area (Å²) >= 11 is 0. The van der Waals surface area contributed by atoms with Crippen LogP contribution in [0.2, 0.25) is 0 Å². The normalized spacial score (nSPS) is 9.53. The van der Waals surface area contributed by atoms with Crippen molar-refractivity contribution in [3.63, 3.8) is 0 Å². The van der Waals surface area contributed by atoms with Crippen LogP contribution >= 0.6 is 0 Å². The van der Waals surface area contributed by atoms with Crippen LogP contribution < -0.4 is 0 Å². The zero-order valence-electron chi connectivity index (χ0n) is 12.0. The maximum absolute atomic E-state index is 10.8. The first-order chi connectivity index (χ1) is 7.93. The molecule has 0 rings (SSSR count). The SMILES string of the molecule is CC(=O)CCC(=O)OC(C)C.CCCCCC. The van der Waals surface area contributed by atoms with Gasteiger partial charge in [-0.2, -0.15) is 0 Å². The van der Waals surface area contributed by atoms with Gasteiger partial charge in [0.15, 0.2) is 0 Å². The molecule has 0 aliphatic rings. The minimum Gasteiger partial charge on any atom is -0.463 e. The third-order valence-corrected chi connectivity index (χ3v) is 2.01. The molecule has 0 N–H and O–H groups in total. The van der Waals surface area contributed by atoms with Crippen LogP contribution in [0, 0.1) is 0 Å². The van der Waals surface area contributed by atoms with Gasteiger partial charge < -0.3 is 9.53 Å². The Bertz CT molecular complexity index is 194. The fourth-order valence-electron chi connectivity index (χ4n) is 1.10. The van der Waals surface area contributed by atoms with Gasteiger partial charge in [0.2, 0.25) is 0 Å². The van der Waals surface area contributed by atoms with E-state index in [1.807, 2.05) is 0 Å². The van der Waals surface area contributed by atoms with Gasteiger partial charge in [0.05, 0.1) is 12.5 Å². The minimum absolute atomic E-state index is 0.0192. The molecule has 0 aromatic rings. The molecule has 0 aromatic carbocycles. The van der Waals surface area contributed by atoms with Gasteiger partial charge >= 0.3 is 5.97 Å². The van der Waals surface area contributed by atoms with E-state index in [1.54, 1.807) is 13.8 Å². The highest BCUT2D eigenvalue weighted by atomic mass is 16.5. The lowest BCUT2D eigenvalue weighted by molar-refractivity contribution is -0.148. The summed E-state index contributed by atoms with van der Waals surface area (Å²) in [6, 6.07) is 0. The molecule has 3 nitrogen and oxygen atoms in total. The molecule has 0 fully saturated rings. The van der Waals surface area contributed by atoms with Gasteiger partial charge in [-0.05, 0) is 20.8 Å². The molecule has 0 spiro atoms. The molecule has 0 saturated heterocycles. The summed E-state index contributed by atoms with van der Waals surface area (Å²) in [7, 11) is 0. The fourth-order valence-corrected chi connectivity index (χ4v) is 1.10. The van der Waals surface area contributed by atoms with Crippen molar-refractivity contribution in [1.29, 1.82) is 0 Å². The van der Waals surface area contributed by atoms with E-state index in [1.165, 1.54) is 32.6 Å². The summed E-state index contributed by atoms with van der Waals surface area (Å²) in [4.78, 5) is 21.2. The minimum atomic E-state index is -0.296. The fraction of sp³-hybridized carbons (Fsp3) is 0.857. The Morgan fingerprint density at radius 1 is 1.00 bits per heavy atom. The third-order valence-electron chi connectivity index (χ3n) is 2.01. The number of Topliss-reactive ketones (excluding diaryl/α,β-unsaturated/α-hetero) is 1. The molecule has 3 heteroatoms. The van der Waals surface area contributed by atoms with Crippen LogP contribution in [0.1, 0.15) is 73.1 Å². The van der Waals surface area contributed by atoms with Crippen molar-refractivity contribution in [2.45, 2.75) is 79.2 Å². The van der Waals surface area contributed by atoms with E-state index in [0.717, 1.165) is 0 Å². The predicted molar refractivity (Wildman–Crippen MR) is 71.0 cm³/mol. The molecule has 0 amide bonds. The predicted octanol–water partition coefficient (Wildman–Crippen LogP) is 3.89. The van der Waals surface area contributed by atoms with Crippen LogP contribution in [-0.4, -0.2) is 17.9 Å². The number of ether oxygens (including phenoxy) is 1. The summed E-state index contributed by atoms with van der Waals surface area (Å²) in [5.41, 5.74) is 0. The topological polar surface area (TPSA) is 43.4 Å². The van der Waals surface area contributed by atoms with Gasteiger partial charge in [-0.3, -0.25) is 4.79 Å². The highest BCUT2D eigenvalue weighted by molar-refractivity contribution is 5.80. The summed E-state index contributed by atoms with van der Waals surface area (Å²) in [6.45, 7) is 9.49. The average Bonchev–Trinajstić information content (AvgIpc) is 2.23. The van der Waals surface area contributed by atoms with Gasteiger partial charge in [-0.15, -0.1) is 0 Å². The van der Waals surface area contributed by atoms with Crippen LogP contribution in [0.15, 0.2) is 0 Å². The van der Waals surface area contributed by atoms with E-state index in [4.69, 9.17) is 4.74 Å². The first-order valence-corrected chi connectivity index (χ1v) is 6.62. The lowest BCUT2D eigenvalue weighted by Crippen LogP contribution is -2.11. The van der Waals surface area contributed by atoms with Crippen LogP contribution in [-0.2, 0) is 14.3 Å². The van der Waals surface area contributed by atoms with Gasteiger partial charge in [0, 0.05) is 6.42 Å². The second kappa shape index (κ2) is 13.2. The van der Waals surface area contributed by atoms with Crippen LogP contribution in [0.25, 0.3) is 0 Å². The van der Waals surface area contributed by atoms with E-state index in [2.05, 4.69) is 13.8 Å². The molecule has 0 aliphatic carbocycles. The number of carbonyl (C=O) groups is 2. The Kier molecular flexibility index (Phi) is 14.4. The van der Waals surface area contributed by atoms with Crippen molar-refractivity contribution in [2.75, 3.05) is 0 Å². The number of unbranched alkanes of at least 4 members (excludes halogenated alkanes) is 3. The Morgan fingerprint density at radius 2 is 1.47 bits per heavy atom. The molecule has 102 valence electrons. The molecule has 0 saturated carbocycles. The zero-order chi connectivity index (χ0) is 13.7. The third kappa shape index (κ3) is 21.1. The maximum Gasteiger partial charge on any atom is 0.306 e. The Labute approximate surface area is 106 Å². The number of carbonyl (C=O) groups excluding carboxylic acids is 2. The van der Waals surface area contributed by atoms with Gasteiger partial charge in [0.1, 0.15) is 5.78 Å². The summed E-state index contributed by atoms with van der Waals surface area (Å²) < 4.78 is 4.81. The molecular weight excluding hydrogens is 216 g/mol. The van der Waals surface area contributed by atoms with Gasteiger partial charge in [0.25, 0.3) is 0 Å². The standard InChI is InChI=1S/C8H14O3.C6H14/c1-6(2)11-8(10)5-4-7(3)9;1-3-5-6-4-2/h6H,4-5H2,1-3H3;3-6H2,1-2H3. The molecular formula is C14H28O3. The van der Waals surface area contributed by atoms with Crippen LogP contribution in [0.3, 0.4) is 0 Å². The number of hydrogen-bond donors (Lipinski definition) is 0. The first kappa shape index (κ1) is 18.5. The monoisotopic (exact) mass is 244 g/mol. The summed E-state index contributed by atoms with van der Waals surface area (Å²) in [6.07, 6.45) is 5.93. The summed E-state index contributed by atoms with van der Waals surface area (Å²) in [5.74, 6) is -0.277. The second-order valence-corrected chi connectivity index (χ2v) is 4.45. The summed E-state index contributed by atoms with van der Waals surface area (Å²) in [5, 5.41) is 0. The van der Waals surface area contributed by atoms with E-state index in [9.17, 15) is 9.59 Å². The average molecular weight is 244 g/mol. The van der Waals surface area contributed by atoms with E-state index in [0.29, 0.717) is 0 Å². The van der Waals surface area contributed by atoms with Gasteiger partial charge in [-0.1, -0.05) is 39.5 Å². The van der Waals surface area contributed by atoms with Crippen LogP contribution in [0.5, 0.6) is 0 Å². The number of rotatable bonds is 7. The largest absolute Gasteiger partial charge is 0.463 e. The van der Waals surface area contributed by atoms with Crippen molar-refractivity contribution < 1.29 is 14.3 Å². The highest BCUT2D eigenvalue weighted by Gasteiger charge is 2.05. The molecule has 0 aromatic heterocycles. The van der Waals surface area contributed by atoms with Crippen molar-refractivity contribution in [2.24, 2.45) is 0 Å².